The van der Waals surface area contributed by atoms with Gasteiger partial charge >= 0.3 is 0 Å². The molecule has 0 amide bonds. The SMILES string of the molecule is CS(=O)(=O)Cc1nc(CN)no1. The molecule has 7 heteroatoms. The number of nitrogens with two attached hydrogens (primary N) is 1. The smallest absolute Gasteiger partial charge is 0.241 e. The third kappa shape index (κ3) is 2.59. The topological polar surface area (TPSA) is 99.1 Å². The van der Waals surface area contributed by atoms with E-state index in [-0.39, 0.29) is 18.2 Å². The second-order valence-corrected chi connectivity index (χ2v) is 4.52. The fraction of sp³-hybridized carbons (Fsp3) is 0.600. The Morgan fingerprint density at radius 1 is 1.58 bits per heavy atom. The van der Waals surface area contributed by atoms with Crippen LogP contribution in [0.1, 0.15) is 11.7 Å². The largest absolute Gasteiger partial charge is 0.338 e. The molecule has 0 aliphatic carbocycles. The first-order valence-corrected chi connectivity index (χ1v) is 5.26. The second-order valence-electron chi connectivity index (χ2n) is 2.38. The summed E-state index contributed by atoms with van der Waals surface area (Å²) < 4.78 is 26.1. The van der Waals surface area contributed by atoms with Crippen LogP contribution in [0.25, 0.3) is 0 Å². The van der Waals surface area contributed by atoms with Gasteiger partial charge in [-0.05, 0) is 0 Å². The molecule has 1 aromatic rings. The molecule has 0 unspecified atom stereocenters. The Morgan fingerprint density at radius 2 is 2.25 bits per heavy atom. The fourth-order valence-electron chi connectivity index (χ4n) is 0.656. The number of nitrogens with zero attached hydrogens (tertiary/aromatic N) is 2. The molecule has 1 rings (SSSR count). The van der Waals surface area contributed by atoms with Gasteiger partial charge < -0.3 is 10.3 Å². The highest BCUT2D eigenvalue weighted by molar-refractivity contribution is 7.89. The molecule has 0 saturated carbocycles. The first kappa shape index (κ1) is 9.14. The van der Waals surface area contributed by atoms with Crippen LogP contribution in [-0.4, -0.2) is 24.8 Å². The predicted molar refractivity (Wildman–Crippen MR) is 40.7 cm³/mol. The van der Waals surface area contributed by atoms with Gasteiger partial charge in [0.15, 0.2) is 15.7 Å². The molecule has 0 fully saturated rings. The highest BCUT2D eigenvalue weighted by atomic mass is 32.2. The van der Waals surface area contributed by atoms with E-state index in [2.05, 4.69) is 14.7 Å². The lowest BCUT2D eigenvalue weighted by Gasteiger charge is -1.88. The molecule has 0 bridgehead atoms. The monoisotopic (exact) mass is 191 g/mol. The molecule has 0 aliphatic rings. The summed E-state index contributed by atoms with van der Waals surface area (Å²) in [5.41, 5.74) is 5.19. The number of hydrogen-bond donors (Lipinski definition) is 1. The van der Waals surface area contributed by atoms with Crippen molar-refractivity contribution in [1.29, 1.82) is 0 Å². The van der Waals surface area contributed by atoms with Crippen molar-refractivity contribution in [2.75, 3.05) is 6.26 Å². The molecule has 0 saturated heterocycles. The summed E-state index contributed by atoms with van der Waals surface area (Å²) in [5, 5.41) is 3.44. The number of rotatable bonds is 3. The lowest BCUT2D eigenvalue weighted by Crippen LogP contribution is -2.02. The van der Waals surface area contributed by atoms with Gasteiger partial charge in [0.25, 0.3) is 0 Å². The van der Waals surface area contributed by atoms with Gasteiger partial charge in [-0.1, -0.05) is 5.16 Å². The van der Waals surface area contributed by atoms with Gasteiger partial charge in [0.05, 0.1) is 6.54 Å². The highest BCUT2D eigenvalue weighted by Crippen LogP contribution is 2.01. The highest BCUT2D eigenvalue weighted by Gasteiger charge is 2.11. The summed E-state index contributed by atoms with van der Waals surface area (Å²) in [6, 6.07) is 0. The van der Waals surface area contributed by atoms with Gasteiger partial charge in [0, 0.05) is 6.26 Å². The maximum Gasteiger partial charge on any atom is 0.241 e. The van der Waals surface area contributed by atoms with Crippen LogP contribution in [0.3, 0.4) is 0 Å². The van der Waals surface area contributed by atoms with E-state index in [4.69, 9.17) is 5.73 Å². The summed E-state index contributed by atoms with van der Waals surface area (Å²) in [5.74, 6) is 0.159. The zero-order valence-electron chi connectivity index (χ0n) is 6.52. The number of aromatic nitrogens is 2. The minimum Gasteiger partial charge on any atom is -0.338 e. The van der Waals surface area contributed by atoms with E-state index in [1.54, 1.807) is 0 Å². The van der Waals surface area contributed by atoms with Crippen molar-refractivity contribution in [3.8, 4) is 0 Å². The Morgan fingerprint density at radius 3 is 2.67 bits per heavy atom. The van der Waals surface area contributed by atoms with Gasteiger partial charge in [-0.15, -0.1) is 0 Å². The van der Waals surface area contributed by atoms with Crippen LogP contribution in [0.5, 0.6) is 0 Å². The standard InChI is InChI=1S/C5H9N3O3S/c1-12(9,10)3-5-7-4(2-6)8-11-5/h2-3,6H2,1H3. The zero-order chi connectivity index (χ0) is 9.19. The van der Waals surface area contributed by atoms with Crippen LogP contribution in [0, 0.1) is 0 Å². The average Bonchev–Trinajstić information content (AvgIpc) is 2.32. The molecule has 0 aromatic carbocycles. The minimum absolute atomic E-state index is 0.0814. The van der Waals surface area contributed by atoms with E-state index in [0.717, 1.165) is 6.26 Å². The first-order valence-electron chi connectivity index (χ1n) is 3.20. The number of sulfone groups is 1. The summed E-state index contributed by atoms with van der Waals surface area (Å²) >= 11 is 0. The average molecular weight is 191 g/mol. The van der Waals surface area contributed by atoms with Crippen molar-refractivity contribution < 1.29 is 12.9 Å². The van der Waals surface area contributed by atoms with Crippen LogP contribution < -0.4 is 5.73 Å². The van der Waals surface area contributed by atoms with E-state index >= 15 is 0 Å². The third-order valence-electron chi connectivity index (χ3n) is 1.08. The van der Waals surface area contributed by atoms with Crippen molar-refractivity contribution in [2.24, 2.45) is 5.73 Å². The van der Waals surface area contributed by atoms with Gasteiger partial charge in [0.1, 0.15) is 5.75 Å². The summed E-state index contributed by atoms with van der Waals surface area (Å²) in [4.78, 5) is 3.73. The second kappa shape index (κ2) is 3.20. The van der Waals surface area contributed by atoms with Crippen molar-refractivity contribution in [1.82, 2.24) is 10.1 Å². The molecule has 1 heterocycles. The van der Waals surface area contributed by atoms with Crippen LogP contribution in [0.2, 0.25) is 0 Å². The predicted octanol–water partition coefficient (Wildman–Crippen LogP) is -0.927. The van der Waals surface area contributed by atoms with Crippen molar-refractivity contribution in [3.63, 3.8) is 0 Å². The van der Waals surface area contributed by atoms with Gasteiger partial charge in [-0.3, -0.25) is 0 Å². The van der Waals surface area contributed by atoms with Gasteiger partial charge in [0.2, 0.25) is 5.89 Å². The maximum absolute atomic E-state index is 10.7. The van der Waals surface area contributed by atoms with Crippen molar-refractivity contribution in [3.05, 3.63) is 11.7 Å². The molecular weight excluding hydrogens is 182 g/mol. The normalized spacial score (nSPS) is 11.8. The van der Waals surface area contributed by atoms with Crippen LogP contribution in [-0.2, 0) is 22.1 Å². The Balaban J connectivity index is 2.78. The van der Waals surface area contributed by atoms with E-state index < -0.39 is 9.84 Å². The molecule has 6 nitrogen and oxygen atoms in total. The van der Waals surface area contributed by atoms with Gasteiger partial charge in [-0.25, -0.2) is 8.42 Å². The quantitative estimate of drug-likeness (QED) is 0.662. The van der Waals surface area contributed by atoms with E-state index in [1.165, 1.54) is 0 Å². The Hall–Kier alpha value is -0.950. The summed E-state index contributed by atoms with van der Waals surface area (Å²) in [6.45, 7) is 0.146. The number of hydrogen-bond acceptors (Lipinski definition) is 6. The lowest BCUT2D eigenvalue weighted by atomic mass is 10.6. The molecule has 1 aromatic heterocycles. The van der Waals surface area contributed by atoms with E-state index in [0.29, 0.717) is 5.82 Å². The first-order chi connectivity index (χ1) is 5.51. The Kier molecular flexibility index (Phi) is 2.43. The van der Waals surface area contributed by atoms with E-state index in [1.807, 2.05) is 0 Å². The van der Waals surface area contributed by atoms with Crippen LogP contribution >= 0.6 is 0 Å². The summed E-state index contributed by atoms with van der Waals surface area (Å²) in [6.07, 6.45) is 1.10. The lowest BCUT2D eigenvalue weighted by molar-refractivity contribution is 0.383. The minimum atomic E-state index is -3.11. The molecule has 68 valence electrons. The Bertz CT molecular complexity index is 356. The van der Waals surface area contributed by atoms with Crippen molar-refractivity contribution in [2.45, 2.75) is 12.3 Å². The maximum atomic E-state index is 10.7. The third-order valence-corrected chi connectivity index (χ3v) is 1.85. The Labute approximate surface area is 69.7 Å². The van der Waals surface area contributed by atoms with Gasteiger partial charge in [-0.2, -0.15) is 4.98 Å². The molecule has 0 spiro atoms. The molecular formula is C5H9N3O3S. The molecule has 0 radical (unpaired) electrons. The zero-order valence-corrected chi connectivity index (χ0v) is 7.34. The molecule has 0 aliphatic heterocycles. The van der Waals surface area contributed by atoms with Crippen LogP contribution in [0.15, 0.2) is 4.52 Å². The fourth-order valence-corrected chi connectivity index (χ4v) is 1.22. The molecule has 2 N–H and O–H groups in total. The van der Waals surface area contributed by atoms with Crippen molar-refractivity contribution >= 4 is 9.84 Å². The molecule has 0 atom stereocenters. The van der Waals surface area contributed by atoms with E-state index in [9.17, 15) is 8.42 Å². The molecule has 12 heavy (non-hydrogen) atoms. The summed E-state index contributed by atoms with van der Waals surface area (Å²) in [7, 11) is -3.11. The van der Waals surface area contributed by atoms with Crippen LogP contribution in [0.4, 0.5) is 0 Å².